The molecule has 3 aliphatic rings. The highest BCUT2D eigenvalue weighted by atomic mass is 16.3. The molecule has 0 spiro atoms. The molecule has 0 aliphatic carbocycles. The monoisotopic (exact) mass is 438 g/mol. The number of nitrogens with zero attached hydrogens (tertiary/aromatic N) is 2. The van der Waals surface area contributed by atoms with Crippen molar-refractivity contribution in [1.82, 2.24) is 4.90 Å². The molecule has 0 radical (unpaired) electrons. The zero-order valence-corrected chi connectivity index (χ0v) is 18.3. The Bertz CT molecular complexity index is 1340. The largest absolute Gasteiger partial charge is 0.461 e. The highest BCUT2D eigenvalue weighted by Gasteiger charge is 2.64. The minimum absolute atomic E-state index is 0.191. The number of ketones is 1. The van der Waals surface area contributed by atoms with E-state index < -0.39 is 23.9 Å². The number of anilines is 1. The number of benzene rings is 2. The van der Waals surface area contributed by atoms with E-state index in [1.165, 1.54) is 11.2 Å². The molecule has 1 aromatic heterocycles. The van der Waals surface area contributed by atoms with Gasteiger partial charge in [0.2, 0.25) is 17.6 Å². The van der Waals surface area contributed by atoms with Gasteiger partial charge < -0.3 is 9.32 Å². The van der Waals surface area contributed by atoms with Crippen molar-refractivity contribution in [3.8, 4) is 0 Å². The van der Waals surface area contributed by atoms with E-state index in [2.05, 4.69) is 0 Å². The van der Waals surface area contributed by atoms with Crippen LogP contribution in [-0.2, 0) is 9.59 Å². The third-order valence-electron chi connectivity index (χ3n) is 7.24. The fraction of sp³-hybridized carbons (Fsp3) is 0.222. The maximum Gasteiger partial charge on any atom is 0.240 e. The van der Waals surface area contributed by atoms with Crippen LogP contribution in [0.3, 0.4) is 0 Å². The summed E-state index contributed by atoms with van der Waals surface area (Å²) < 4.78 is 5.40. The minimum atomic E-state index is -0.816. The maximum atomic E-state index is 13.8. The Morgan fingerprint density at radius 1 is 0.909 bits per heavy atom. The summed E-state index contributed by atoms with van der Waals surface area (Å²) in [5.41, 5.74) is 4.58. The van der Waals surface area contributed by atoms with Gasteiger partial charge in [-0.25, -0.2) is 4.90 Å². The smallest absolute Gasteiger partial charge is 0.240 e. The highest BCUT2D eigenvalue weighted by Crippen LogP contribution is 2.53. The van der Waals surface area contributed by atoms with Crippen molar-refractivity contribution in [3.63, 3.8) is 0 Å². The number of amides is 2. The molecule has 0 bridgehead atoms. The van der Waals surface area contributed by atoms with Crippen molar-refractivity contribution in [1.29, 1.82) is 0 Å². The number of Topliss-reactive ketones (excluding diaryl/α,β-unsaturated/α-hetero) is 1. The van der Waals surface area contributed by atoms with Gasteiger partial charge in [0.1, 0.15) is 6.04 Å². The molecule has 2 fully saturated rings. The van der Waals surface area contributed by atoms with Crippen molar-refractivity contribution in [2.75, 3.05) is 4.90 Å². The van der Waals surface area contributed by atoms with Gasteiger partial charge in [-0.05, 0) is 66.4 Å². The van der Waals surface area contributed by atoms with Crippen LogP contribution in [-0.4, -0.2) is 28.5 Å². The standard InChI is InChI=1S/C27H22N2O4/c1-15-9-10-18(14-16(15)2)29-26(31)21-22(27(29)32)24(25(30)20-8-5-13-33-20)28-12-11-17-6-3-4-7-19(17)23(21)28/h3-14,21-24H,1-2H3/t21-,22+,23-,24-/m0/s1. The average molecular weight is 438 g/mol. The van der Waals surface area contributed by atoms with Crippen LogP contribution in [0.2, 0.25) is 0 Å². The molecule has 2 amide bonds. The van der Waals surface area contributed by atoms with E-state index in [-0.39, 0.29) is 23.4 Å². The van der Waals surface area contributed by atoms with Crippen LogP contribution in [0.25, 0.3) is 6.08 Å². The zero-order valence-electron chi connectivity index (χ0n) is 18.3. The van der Waals surface area contributed by atoms with Gasteiger partial charge in [0, 0.05) is 6.20 Å². The first-order valence-corrected chi connectivity index (χ1v) is 11.0. The van der Waals surface area contributed by atoms with Gasteiger partial charge in [-0.15, -0.1) is 0 Å². The quantitative estimate of drug-likeness (QED) is 0.451. The summed E-state index contributed by atoms with van der Waals surface area (Å²) in [6, 6.07) is 15.5. The molecule has 0 saturated carbocycles. The Hall–Kier alpha value is -3.93. The van der Waals surface area contributed by atoms with Crippen LogP contribution in [0, 0.1) is 25.7 Å². The maximum absolute atomic E-state index is 13.8. The molecular weight excluding hydrogens is 416 g/mol. The van der Waals surface area contributed by atoms with E-state index in [1.54, 1.807) is 18.2 Å². The normalized spacial score (nSPS) is 25.3. The lowest BCUT2D eigenvalue weighted by Gasteiger charge is -2.35. The molecule has 4 atom stereocenters. The number of hydrogen-bond acceptors (Lipinski definition) is 5. The summed E-state index contributed by atoms with van der Waals surface area (Å²) in [5, 5.41) is 0. The second-order valence-electron chi connectivity index (χ2n) is 8.96. The molecule has 33 heavy (non-hydrogen) atoms. The van der Waals surface area contributed by atoms with E-state index in [4.69, 9.17) is 4.42 Å². The number of carbonyl (C=O) groups excluding carboxylic acids is 3. The number of hydrogen-bond donors (Lipinski definition) is 0. The third-order valence-corrected chi connectivity index (χ3v) is 7.24. The van der Waals surface area contributed by atoms with Gasteiger partial charge in [0.15, 0.2) is 5.76 Å². The van der Waals surface area contributed by atoms with Crippen LogP contribution in [0.5, 0.6) is 0 Å². The zero-order chi connectivity index (χ0) is 22.9. The fourth-order valence-electron chi connectivity index (χ4n) is 5.54. The van der Waals surface area contributed by atoms with Gasteiger partial charge in [-0.1, -0.05) is 30.3 Å². The highest BCUT2D eigenvalue weighted by molar-refractivity contribution is 6.24. The summed E-state index contributed by atoms with van der Waals surface area (Å²) in [6.45, 7) is 3.94. The Kier molecular flexibility index (Phi) is 4.21. The minimum Gasteiger partial charge on any atom is -0.461 e. The van der Waals surface area contributed by atoms with Crippen molar-refractivity contribution in [3.05, 3.63) is 95.1 Å². The van der Waals surface area contributed by atoms with Gasteiger partial charge in [0.25, 0.3) is 0 Å². The summed E-state index contributed by atoms with van der Waals surface area (Å²) in [4.78, 5) is 44.4. The van der Waals surface area contributed by atoms with Gasteiger partial charge in [-0.3, -0.25) is 14.4 Å². The van der Waals surface area contributed by atoms with Crippen LogP contribution in [0.4, 0.5) is 5.69 Å². The van der Waals surface area contributed by atoms with Gasteiger partial charge in [0.05, 0.1) is 29.8 Å². The number of rotatable bonds is 3. The van der Waals surface area contributed by atoms with E-state index >= 15 is 0 Å². The van der Waals surface area contributed by atoms with Crippen LogP contribution >= 0.6 is 0 Å². The van der Waals surface area contributed by atoms with Crippen molar-refractivity contribution in [2.45, 2.75) is 25.9 Å². The molecule has 2 saturated heterocycles. The first-order chi connectivity index (χ1) is 16.0. The molecule has 3 aromatic rings. The average Bonchev–Trinajstić information content (AvgIpc) is 3.52. The lowest BCUT2D eigenvalue weighted by Crippen LogP contribution is -2.44. The number of furan rings is 1. The second kappa shape index (κ2) is 7.04. The van der Waals surface area contributed by atoms with Crippen molar-refractivity contribution in [2.24, 2.45) is 11.8 Å². The van der Waals surface area contributed by atoms with E-state index in [0.29, 0.717) is 5.69 Å². The number of aryl methyl sites for hydroxylation is 2. The molecule has 164 valence electrons. The van der Waals surface area contributed by atoms with Crippen LogP contribution < -0.4 is 4.90 Å². The van der Waals surface area contributed by atoms with Crippen LogP contribution in [0.1, 0.15) is 38.9 Å². The van der Waals surface area contributed by atoms with E-state index in [0.717, 1.165) is 22.3 Å². The number of imide groups is 1. The molecule has 0 N–H and O–H groups in total. The van der Waals surface area contributed by atoms with Crippen LogP contribution in [0.15, 0.2) is 71.5 Å². The molecule has 2 aromatic carbocycles. The van der Waals surface area contributed by atoms with Crippen molar-refractivity contribution >= 4 is 29.4 Å². The molecule has 6 heteroatoms. The topological polar surface area (TPSA) is 70.8 Å². The predicted octanol–water partition coefficient (Wildman–Crippen LogP) is 4.29. The number of carbonyl (C=O) groups is 3. The predicted molar refractivity (Wildman–Crippen MR) is 122 cm³/mol. The van der Waals surface area contributed by atoms with Gasteiger partial charge >= 0.3 is 0 Å². The van der Waals surface area contributed by atoms with Gasteiger partial charge in [-0.2, -0.15) is 0 Å². The Morgan fingerprint density at radius 2 is 1.70 bits per heavy atom. The molecule has 6 rings (SSSR count). The first kappa shape index (κ1) is 19.7. The van der Waals surface area contributed by atoms with E-state index in [1.807, 2.05) is 67.4 Å². The number of fused-ring (bicyclic) bond motifs is 5. The molecular formula is C27H22N2O4. The Balaban J connectivity index is 1.51. The SMILES string of the molecule is Cc1ccc(N2C(=O)[C@@H]3[C@H](C2=O)[C@@H]2c4ccccc4C=CN2[C@@H]3C(=O)c2ccco2)cc1C. The summed E-state index contributed by atoms with van der Waals surface area (Å²) in [5.74, 6) is -2.14. The summed E-state index contributed by atoms with van der Waals surface area (Å²) >= 11 is 0. The summed E-state index contributed by atoms with van der Waals surface area (Å²) in [6.07, 6.45) is 5.23. The second-order valence-corrected chi connectivity index (χ2v) is 8.96. The summed E-state index contributed by atoms with van der Waals surface area (Å²) in [7, 11) is 0. The first-order valence-electron chi connectivity index (χ1n) is 11.0. The van der Waals surface area contributed by atoms with E-state index in [9.17, 15) is 14.4 Å². The third kappa shape index (κ3) is 2.70. The molecule has 4 heterocycles. The Morgan fingerprint density at radius 3 is 2.45 bits per heavy atom. The lowest BCUT2D eigenvalue weighted by atomic mass is 9.84. The van der Waals surface area contributed by atoms with Crippen molar-refractivity contribution < 1.29 is 18.8 Å². The molecule has 0 unspecified atom stereocenters. The molecule has 3 aliphatic heterocycles. The Labute approximate surface area is 191 Å². The fourth-order valence-corrected chi connectivity index (χ4v) is 5.54. The molecule has 6 nitrogen and oxygen atoms in total. The lowest BCUT2D eigenvalue weighted by molar-refractivity contribution is -0.123.